The molecule has 1 aromatic rings. The maximum absolute atomic E-state index is 12.8. The van der Waals surface area contributed by atoms with Crippen molar-refractivity contribution in [3.63, 3.8) is 0 Å². The summed E-state index contributed by atoms with van der Waals surface area (Å²) in [5, 5.41) is 6.07. The van der Waals surface area contributed by atoms with Crippen LogP contribution in [0.2, 0.25) is 0 Å². The van der Waals surface area contributed by atoms with Crippen LogP contribution in [0.3, 0.4) is 0 Å². The van der Waals surface area contributed by atoms with Crippen LogP contribution < -0.4 is 10.6 Å². The van der Waals surface area contributed by atoms with Crippen molar-refractivity contribution in [2.45, 2.75) is 72.4 Å². The van der Waals surface area contributed by atoms with E-state index < -0.39 is 0 Å². The molecule has 6 heteroatoms. The van der Waals surface area contributed by atoms with Crippen LogP contribution in [0.15, 0.2) is 18.2 Å². The van der Waals surface area contributed by atoms with E-state index in [1.165, 1.54) is 0 Å². The number of benzene rings is 1. The van der Waals surface area contributed by atoms with Gasteiger partial charge in [0.15, 0.2) is 0 Å². The van der Waals surface area contributed by atoms with Crippen molar-refractivity contribution >= 4 is 23.4 Å². The van der Waals surface area contributed by atoms with Crippen LogP contribution in [-0.4, -0.2) is 47.0 Å². The minimum absolute atomic E-state index is 0.0605. The Morgan fingerprint density at radius 2 is 1.38 bits per heavy atom. The maximum atomic E-state index is 12.8. The Labute approximate surface area is 175 Å². The molecule has 4 atom stereocenters. The van der Waals surface area contributed by atoms with Crippen LogP contribution in [0, 0.1) is 18.8 Å². The molecular weight excluding hydrogens is 364 g/mol. The second-order valence-electron chi connectivity index (χ2n) is 9.23. The maximum Gasteiger partial charge on any atom is 0.322 e. The van der Waals surface area contributed by atoms with Gasteiger partial charge in [0, 0.05) is 36.5 Å². The van der Waals surface area contributed by atoms with Crippen LogP contribution in [0.1, 0.15) is 58.9 Å². The Bertz CT molecular complexity index is 750. The molecule has 2 heterocycles. The molecular formula is C23H36N4O2. The summed E-state index contributed by atoms with van der Waals surface area (Å²) in [5.74, 6) is 1.32. The zero-order valence-corrected chi connectivity index (χ0v) is 18.5. The van der Waals surface area contributed by atoms with Gasteiger partial charge in [-0.2, -0.15) is 0 Å². The number of nitrogens with one attached hydrogen (secondary N) is 2. The molecule has 0 saturated carbocycles. The van der Waals surface area contributed by atoms with E-state index >= 15 is 0 Å². The lowest BCUT2D eigenvalue weighted by molar-refractivity contribution is 0.150. The van der Waals surface area contributed by atoms with Gasteiger partial charge < -0.3 is 20.4 Å². The number of rotatable bonds is 2. The predicted molar refractivity (Wildman–Crippen MR) is 118 cm³/mol. The zero-order chi connectivity index (χ0) is 21.1. The van der Waals surface area contributed by atoms with Gasteiger partial charge in [0.25, 0.3) is 0 Å². The van der Waals surface area contributed by atoms with Crippen LogP contribution in [0.4, 0.5) is 21.0 Å². The molecule has 6 nitrogen and oxygen atoms in total. The number of piperidine rings is 2. The molecule has 2 fully saturated rings. The van der Waals surface area contributed by atoms with Crippen molar-refractivity contribution < 1.29 is 9.59 Å². The number of amides is 4. The lowest BCUT2D eigenvalue weighted by Gasteiger charge is -2.36. The van der Waals surface area contributed by atoms with E-state index in [2.05, 4.69) is 38.3 Å². The molecule has 0 aromatic heterocycles. The zero-order valence-electron chi connectivity index (χ0n) is 18.5. The Morgan fingerprint density at radius 1 is 0.862 bits per heavy atom. The van der Waals surface area contributed by atoms with Crippen molar-refractivity contribution in [2.75, 3.05) is 23.7 Å². The first kappa shape index (κ1) is 21.5. The summed E-state index contributed by atoms with van der Waals surface area (Å²) in [7, 11) is 0. The standard InChI is InChI=1S/C23H36N4O2/c1-15-8-10-26(18(4)12-15)22(28)24-20-7-6-17(3)21(14-20)25-23(29)27-11-9-16(2)13-19(27)5/h6-7,14-16,18-19H,8-13H2,1-5H3,(H,24,28)(H,25,29). The molecule has 160 valence electrons. The molecule has 0 radical (unpaired) electrons. The number of hydrogen-bond acceptors (Lipinski definition) is 2. The molecule has 1 aromatic carbocycles. The molecule has 3 rings (SSSR count). The van der Waals surface area contributed by atoms with Gasteiger partial charge >= 0.3 is 12.1 Å². The van der Waals surface area contributed by atoms with Gasteiger partial charge in [0.2, 0.25) is 0 Å². The van der Waals surface area contributed by atoms with Crippen LogP contribution >= 0.6 is 0 Å². The van der Waals surface area contributed by atoms with Crippen LogP contribution in [-0.2, 0) is 0 Å². The molecule has 4 unspecified atom stereocenters. The average Bonchev–Trinajstić information content (AvgIpc) is 2.64. The first-order valence-corrected chi connectivity index (χ1v) is 11.0. The highest BCUT2D eigenvalue weighted by Gasteiger charge is 2.28. The van der Waals surface area contributed by atoms with Crippen LogP contribution in [0.5, 0.6) is 0 Å². The van der Waals surface area contributed by atoms with Gasteiger partial charge in [-0.05, 0) is 76.0 Å². The second kappa shape index (κ2) is 9.06. The lowest BCUT2D eigenvalue weighted by Crippen LogP contribution is -2.46. The highest BCUT2D eigenvalue weighted by Crippen LogP contribution is 2.26. The van der Waals surface area contributed by atoms with E-state index in [1.54, 1.807) is 0 Å². The van der Waals surface area contributed by atoms with E-state index in [9.17, 15) is 9.59 Å². The van der Waals surface area contributed by atoms with Crippen molar-refractivity contribution in [3.8, 4) is 0 Å². The monoisotopic (exact) mass is 400 g/mol. The minimum atomic E-state index is -0.0656. The third-order valence-corrected chi connectivity index (χ3v) is 6.53. The summed E-state index contributed by atoms with van der Waals surface area (Å²) in [6, 6.07) is 6.05. The van der Waals surface area contributed by atoms with Gasteiger partial charge in [-0.1, -0.05) is 19.9 Å². The first-order valence-electron chi connectivity index (χ1n) is 11.0. The van der Waals surface area contributed by atoms with Crippen molar-refractivity contribution in [2.24, 2.45) is 11.8 Å². The molecule has 0 bridgehead atoms. The Hall–Kier alpha value is -2.24. The Kier molecular flexibility index (Phi) is 6.70. The molecule has 2 saturated heterocycles. The quantitative estimate of drug-likeness (QED) is 0.707. The van der Waals surface area contributed by atoms with E-state index in [4.69, 9.17) is 0 Å². The van der Waals surface area contributed by atoms with Crippen molar-refractivity contribution in [3.05, 3.63) is 23.8 Å². The van der Waals surface area contributed by atoms with Gasteiger partial charge in [0.1, 0.15) is 0 Å². The number of hydrogen-bond donors (Lipinski definition) is 2. The molecule has 2 aliphatic rings. The number of aryl methyl sites for hydroxylation is 1. The lowest BCUT2D eigenvalue weighted by atomic mass is 9.94. The summed E-state index contributed by atoms with van der Waals surface area (Å²) in [6.45, 7) is 12.2. The van der Waals surface area contributed by atoms with E-state index in [0.717, 1.165) is 50.0 Å². The molecule has 0 aliphatic carbocycles. The fourth-order valence-electron chi connectivity index (χ4n) is 4.63. The molecule has 2 N–H and O–H groups in total. The average molecular weight is 401 g/mol. The first-order chi connectivity index (χ1) is 13.7. The van der Waals surface area contributed by atoms with E-state index in [1.807, 2.05) is 34.9 Å². The normalized spacial score (nSPS) is 27.5. The summed E-state index contributed by atoms with van der Waals surface area (Å²) in [5.41, 5.74) is 2.44. The van der Waals surface area contributed by atoms with Crippen LogP contribution in [0.25, 0.3) is 0 Å². The van der Waals surface area contributed by atoms with E-state index in [-0.39, 0.29) is 24.1 Å². The summed E-state index contributed by atoms with van der Waals surface area (Å²) < 4.78 is 0. The van der Waals surface area contributed by atoms with E-state index in [0.29, 0.717) is 17.5 Å². The third-order valence-electron chi connectivity index (χ3n) is 6.53. The summed E-state index contributed by atoms with van der Waals surface area (Å²) in [4.78, 5) is 29.4. The van der Waals surface area contributed by atoms with Gasteiger partial charge in [0.05, 0.1) is 0 Å². The topological polar surface area (TPSA) is 64.7 Å². The minimum Gasteiger partial charge on any atom is -0.322 e. The van der Waals surface area contributed by atoms with Crippen molar-refractivity contribution in [1.29, 1.82) is 0 Å². The summed E-state index contributed by atoms with van der Waals surface area (Å²) in [6.07, 6.45) is 4.16. The third kappa shape index (κ3) is 5.22. The van der Waals surface area contributed by atoms with Gasteiger partial charge in [-0.25, -0.2) is 9.59 Å². The molecule has 0 spiro atoms. The largest absolute Gasteiger partial charge is 0.322 e. The Morgan fingerprint density at radius 3 is 1.90 bits per heavy atom. The fourth-order valence-corrected chi connectivity index (χ4v) is 4.63. The highest BCUT2D eigenvalue weighted by molar-refractivity contribution is 5.93. The number of urea groups is 2. The summed E-state index contributed by atoms with van der Waals surface area (Å²) >= 11 is 0. The Balaban J connectivity index is 1.65. The number of anilines is 2. The smallest absolute Gasteiger partial charge is 0.322 e. The van der Waals surface area contributed by atoms with Crippen molar-refractivity contribution in [1.82, 2.24) is 9.80 Å². The molecule has 4 amide bonds. The predicted octanol–water partition coefficient (Wildman–Crippen LogP) is 5.30. The number of carbonyl (C=O) groups is 2. The number of likely N-dealkylation sites (tertiary alicyclic amines) is 2. The number of carbonyl (C=O) groups excluding carboxylic acids is 2. The molecule has 2 aliphatic heterocycles. The highest BCUT2D eigenvalue weighted by atomic mass is 16.2. The second-order valence-corrected chi connectivity index (χ2v) is 9.23. The number of nitrogens with zero attached hydrogens (tertiary/aromatic N) is 2. The fraction of sp³-hybridized carbons (Fsp3) is 0.652. The SMILES string of the molecule is Cc1ccc(NC(=O)N2CCC(C)CC2C)cc1NC(=O)N1CCC(C)CC1C. The molecule has 29 heavy (non-hydrogen) atoms. The van der Waals surface area contributed by atoms with Gasteiger partial charge in [-0.3, -0.25) is 0 Å². The van der Waals surface area contributed by atoms with Gasteiger partial charge in [-0.15, -0.1) is 0 Å².